The maximum atomic E-state index is 11.2. The molecule has 1 amide bonds. The molecular formula is C13H22N4O2. The third-order valence-corrected chi connectivity index (χ3v) is 2.62. The van der Waals surface area contributed by atoms with Gasteiger partial charge < -0.3 is 21.5 Å². The Hall–Kier alpha value is -1.98. The van der Waals surface area contributed by atoms with Gasteiger partial charge in [-0.3, -0.25) is 4.79 Å². The average molecular weight is 266 g/mol. The molecule has 0 aliphatic rings. The van der Waals surface area contributed by atoms with E-state index in [0.29, 0.717) is 23.9 Å². The van der Waals surface area contributed by atoms with Gasteiger partial charge in [0.25, 0.3) is 0 Å². The summed E-state index contributed by atoms with van der Waals surface area (Å²) in [6.45, 7) is 7.73. The average Bonchev–Trinajstić information content (AvgIpc) is 2.29. The lowest BCUT2D eigenvalue weighted by atomic mass is 9.93. The van der Waals surface area contributed by atoms with Crippen molar-refractivity contribution in [1.29, 1.82) is 0 Å². The van der Waals surface area contributed by atoms with E-state index in [9.17, 15) is 4.79 Å². The van der Waals surface area contributed by atoms with E-state index in [4.69, 9.17) is 16.2 Å². The molecule has 0 fully saturated rings. The van der Waals surface area contributed by atoms with Crippen molar-refractivity contribution in [3.8, 4) is 5.88 Å². The van der Waals surface area contributed by atoms with Gasteiger partial charge in [0.15, 0.2) is 0 Å². The van der Waals surface area contributed by atoms with Crippen molar-refractivity contribution in [2.45, 2.75) is 33.8 Å². The second kappa shape index (κ2) is 5.77. The van der Waals surface area contributed by atoms with E-state index in [1.807, 2.05) is 13.8 Å². The number of nitrogens with one attached hydrogen (secondary N) is 1. The van der Waals surface area contributed by atoms with Crippen LogP contribution in [-0.2, 0) is 4.79 Å². The third-order valence-electron chi connectivity index (χ3n) is 2.62. The van der Waals surface area contributed by atoms with Crippen LogP contribution in [0.3, 0.4) is 0 Å². The zero-order valence-corrected chi connectivity index (χ0v) is 11.9. The summed E-state index contributed by atoms with van der Waals surface area (Å²) in [6, 6.07) is 3.45. The Morgan fingerprint density at radius 1 is 1.47 bits per heavy atom. The molecule has 0 spiro atoms. The standard InChI is InChI=1S/C13H22N4O2/c1-8(2)19-11-9(14)5-6-10(17-11)16-7-13(3,4)12(15)18/h5-6,8H,7,14H2,1-4H3,(H2,15,18)(H,16,17). The topological polar surface area (TPSA) is 103 Å². The van der Waals surface area contributed by atoms with Crippen LogP contribution in [0.25, 0.3) is 0 Å². The van der Waals surface area contributed by atoms with Crippen molar-refractivity contribution in [3.05, 3.63) is 12.1 Å². The first-order chi connectivity index (χ1) is 8.72. The minimum absolute atomic E-state index is 0.00731. The van der Waals surface area contributed by atoms with Gasteiger partial charge in [0.2, 0.25) is 11.8 Å². The molecule has 6 heteroatoms. The summed E-state index contributed by atoms with van der Waals surface area (Å²) < 4.78 is 5.50. The van der Waals surface area contributed by atoms with Crippen LogP contribution in [0.5, 0.6) is 5.88 Å². The molecule has 0 saturated carbocycles. The number of hydrogen-bond acceptors (Lipinski definition) is 5. The number of carbonyl (C=O) groups is 1. The number of nitrogen functional groups attached to an aromatic ring is 1. The van der Waals surface area contributed by atoms with Crippen molar-refractivity contribution in [3.63, 3.8) is 0 Å². The number of hydrogen-bond donors (Lipinski definition) is 3. The quantitative estimate of drug-likeness (QED) is 0.721. The number of ether oxygens (including phenoxy) is 1. The van der Waals surface area contributed by atoms with Gasteiger partial charge in [-0.05, 0) is 39.8 Å². The molecule has 1 heterocycles. The molecular weight excluding hydrogens is 244 g/mol. The van der Waals surface area contributed by atoms with Gasteiger partial charge in [-0.15, -0.1) is 0 Å². The molecule has 0 unspecified atom stereocenters. The SMILES string of the molecule is CC(C)Oc1nc(NCC(C)(C)C(N)=O)ccc1N. The highest BCUT2D eigenvalue weighted by Crippen LogP contribution is 2.23. The highest BCUT2D eigenvalue weighted by atomic mass is 16.5. The predicted molar refractivity (Wildman–Crippen MR) is 75.9 cm³/mol. The van der Waals surface area contributed by atoms with Crippen LogP contribution in [0.15, 0.2) is 12.1 Å². The van der Waals surface area contributed by atoms with Crippen molar-refractivity contribution < 1.29 is 9.53 Å². The fraction of sp³-hybridized carbons (Fsp3) is 0.538. The monoisotopic (exact) mass is 266 g/mol. The lowest BCUT2D eigenvalue weighted by Crippen LogP contribution is -2.37. The molecule has 19 heavy (non-hydrogen) atoms. The second-order valence-corrected chi connectivity index (χ2v) is 5.36. The smallest absolute Gasteiger partial charge is 0.239 e. The first-order valence-electron chi connectivity index (χ1n) is 6.19. The number of carbonyl (C=O) groups excluding carboxylic acids is 1. The molecule has 0 saturated heterocycles. The van der Waals surface area contributed by atoms with Crippen molar-refractivity contribution in [1.82, 2.24) is 4.98 Å². The van der Waals surface area contributed by atoms with E-state index in [-0.39, 0.29) is 12.0 Å². The number of nitrogens with two attached hydrogens (primary N) is 2. The normalized spacial score (nSPS) is 11.4. The molecule has 0 aliphatic heterocycles. The van der Waals surface area contributed by atoms with Gasteiger partial charge in [-0.2, -0.15) is 4.98 Å². The van der Waals surface area contributed by atoms with Crippen LogP contribution in [0.2, 0.25) is 0 Å². The summed E-state index contributed by atoms with van der Waals surface area (Å²) in [4.78, 5) is 15.5. The minimum Gasteiger partial charge on any atom is -0.473 e. The Balaban J connectivity index is 2.77. The second-order valence-electron chi connectivity index (χ2n) is 5.36. The Morgan fingerprint density at radius 3 is 2.63 bits per heavy atom. The fourth-order valence-electron chi connectivity index (χ4n) is 1.27. The van der Waals surface area contributed by atoms with E-state index in [2.05, 4.69) is 10.3 Å². The largest absolute Gasteiger partial charge is 0.473 e. The minimum atomic E-state index is -0.651. The number of primary amides is 1. The maximum absolute atomic E-state index is 11.2. The van der Waals surface area contributed by atoms with Gasteiger partial charge in [-0.1, -0.05) is 0 Å². The highest BCUT2D eigenvalue weighted by Gasteiger charge is 2.24. The van der Waals surface area contributed by atoms with Gasteiger partial charge in [0.1, 0.15) is 5.82 Å². The fourth-order valence-corrected chi connectivity index (χ4v) is 1.27. The number of pyridine rings is 1. The number of aromatic nitrogens is 1. The van der Waals surface area contributed by atoms with E-state index in [1.54, 1.807) is 26.0 Å². The molecule has 0 radical (unpaired) electrons. The summed E-state index contributed by atoms with van der Waals surface area (Å²) >= 11 is 0. The molecule has 1 aromatic rings. The zero-order valence-electron chi connectivity index (χ0n) is 11.9. The third kappa shape index (κ3) is 4.31. The first-order valence-corrected chi connectivity index (χ1v) is 6.19. The molecule has 0 bridgehead atoms. The number of amides is 1. The van der Waals surface area contributed by atoms with Crippen LogP contribution >= 0.6 is 0 Å². The molecule has 6 nitrogen and oxygen atoms in total. The van der Waals surface area contributed by atoms with E-state index in [0.717, 1.165) is 0 Å². The van der Waals surface area contributed by atoms with Gasteiger partial charge in [0, 0.05) is 6.54 Å². The van der Waals surface area contributed by atoms with Crippen LogP contribution in [-0.4, -0.2) is 23.5 Å². The molecule has 0 aromatic carbocycles. The lowest BCUT2D eigenvalue weighted by molar-refractivity contribution is -0.125. The zero-order chi connectivity index (χ0) is 14.6. The van der Waals surface area contributed by atoms with E-state index in [1.165, 1.54) is 0 Å². The Kier molecular flexibility index (Phi) is 4.58. The van der Waals surface area contributed by atoms with Crippen molar-refractivity contribution >= 4 is 17.4 Å². The van der Waals surface area contributed by atoms with Crippen LogP contribution in [0.4, 0.5) is 11.5 Å². The molecule has 1 aromatic heterocycles. The van der Waals surface area contributed by atoms with Gasteiger partial charge in [0.05, 0.1) is 17.2 Å². The Morgan fingerprint density at radius 2 is 2.11 bits per heavy atom. The number of rotatable bonds is 6. The molecule has 1 rings (SSSR count). The summed E-state index contributed by atoms with van der Waals surface area (Å²) in [5, 5.41) is 3.06. The van der Waals surface area contributed by atoms with Crippen molar-refractivity contribution in [2.24, 2.45) is 11.1 Å². The molecule has 0 atom stereocenters. The van der Waals surface area contributed by atoms with Crippen LogP contribution in [0.1, 0.15) is 27.7 Å². The lowest BCUT2D eigenvalue weighted by Gasteiger charge is -2.21. The molecule has 106 valence electrons. The predicted octanol–water partition coefficient (Wildman–Crippen LogP) is 1.37. The van der Waals surface area contributed by atoms with E-state index >= 15 is 0 Å². The van der Waals surface area contributed by atoms with E-state index < -0.39 is 5.41 Å². The number of nitrogens with zero attached hydrogens (tertiary/aromatic N) is 1. The summed E-state index contributed by atoms with van der Waals surface area (Å²) in [6.07, 6.45) is -0.00731. The molecule has 5 N–H and O–H groups in total. The number of anilines is 2. The molecule has 0 aliphatic carbocycles. The first kappa shape index (κ1) is 15.1. The van der Waals surface area contributed by atoms with Crippen LogP contribution < -0.4 is 21.5 Å². The Bertz CT molecular complexity index is 458. The maximum Gasteiger partial charge on any atom is 0.239 e. The van der Waals surface area contributed by atoms with Crippen molar-refractivity contribution in [2.75, 3.05) is 17.6 Å². The summed E-state index contributed by atoms with van der Waals surface area (Å²) in [7, 11) is 0. The summed E-state index contributed by atoms with van der Waals surface area (Å²) in [5.41, 5.74) is 10.9. The summed E-state index contributed by atoms with van der Waals surface area (Å²) in [5.74, 6) is 0.616. The van der Waals surface area contributed by atoms with Gasteiger partial charge in [-0.25, -0.2) is 0 Å². The Labute approximate surface area is 113 Å². The highest BCUT2D eigenvalue weighted by molar-refractivity contribution is 5.80. The van der Waals surface area contributed by atoms with Gasteiger partial charge >= 0.3 is 0 Å². The van der Waals surface area contributed by atoms with Crippen LogP contribution in [0, 0.1) is 5.41 Å².